The summed E-state index contributed by atoms with van der Waals surface area (Å²) in [5.74, 6) is -1.72. The minimum Gasteiger partial charge on any atom is -0.454 e. The Labute approximate surface area is 170 Å². The number of Topliss-reactive ketones (excluding diaryl/α,β-unsaturated/α-hetero) is 1. The maximum Gasteiger partial charge on any atom is 0.387 e. The average molecular weight is 448 g/mol. The van der Waals surface area contributed by atoms with Crippen LogP contribution in [0.1, 0.15) is 20.7 Å². The lowest BCUT2D eigenvalue weighted by molar-refractivity contribution is -0.0498. The topological polar surface area (TPSA) is 90.0 Å². The smallest absolute Gasteiger partial charge is 0.387 e. The van der Waals surface area contributed by atoms with Gasteiger partial charge in [0.15, 0.2) is 12.4 Å². The highest BCUT2D eigenvalue weighted by atomic mass is 35.5. The average Bonchev–Trinajstić information content (AvgIpc) is 2.66. The van der Waals surface area contributed by atoms with Crippen LogP contribution in [0, 0.1) is 0 Å². The standard InChI is InChI=1S/C18H16ClF2NO6S/c1-22(2)29(25,26)13-7-8-15(19)14(9-13)17(24)27-10-16(23)11-3-5-12(6-4-11)28-18(20)21/h3-9,18H,10H2,1-2H3. The van der Waals surface area contributed by atoms with E-state index in [9.17, 15) is 26.8 Å². The Morgan fingerprint density at radius 1 is 1.10 bits per heavy atom. The highest BCUT2D eigenvalue weighted by Crippen LogP contribution is 2.23. The first-order valence-corrected chi connectivity index (χ1v) is 9.81. The van der Waals surface area contributed by atoms with Gasteiger partial charge < -0.3 is 9.47 Å². The molecule has 0 amide bonds. The molecule has 0 saturated heterocycles. The number of ketones is 1. The fourth-order valence-electron chi connectivity index (χ4n) is 2.15. The van der Waals surface area contributed by atoms with Crippen LogP contribution in [0.5, 0.6) is 5.75 Å². The molecule has 29 heavy (non-hydrogen) atoms. The van der Waals surface area contributed by atoms with Crippen LogP contribution in [-0.4, -0.2) is 51.8 Å². The molecule has 2 aromatic rings. The molecule has 0 bridgehead atoms. The Kier molecular flexibility index (Phi) is 7.28. The van der Waals surface area contributed by atoms with Gasteiger partial charge in [0.05, 0.1) is 15.5 Å². The second kappa shape index (κ2) is 9.29. The van der Waals surface area contributed by atoms with Gasteiger partial charge >= 0.3 is 12.6 Å². The van der Waals surface area contributed by atoms with Crippen molar-refractivity contribution in [1.82, 2.24) is 4.31 Å². The molecule has 0 aliphatic rings. The third-order valence-electron chi connectivity index (χ3n) is 3.67. The van der Waals surface area contributed by atoms with Crippen LogP contribution in [0.15, 0.2) is 47.4 Å². The molecule has 0 unspecified atom stereocenters. The summed E-state index contributed by atoms with van der Waals surface area (Å²) in [7, 11) is -1.14. The maximum absolute atomic E-state index is 12.3. The normalized spacial score (nSPS) is 11.6. The van der Waals surface area contributed by atoms with Crippen molar-refractivity contribution in [3.8, 4) is 5.75 Å². The number of rotatable bonds is 8. The fraction of sp³-hybridized carbons (Fsp3) is 0.222. The molecular weight excluding hydrogens is 432 g/mol. The molecule has 2 aromatic carbocycles. The molecule has 0 aliphatic carbocycles. The quantitative estimate of drug-likeness (QED) is 0.456. The van der Waals surface area contributed by atoms with Crippen LogP contribution in [0.2, 0.25) is 5.02 Å². The SMILES string of the molecule is CN(C)S(=O)(=O)c1ccc(Cl)c(C(=O)OCC(=O)c2ccc(OC(F)F)cc2)c1. The van der Waals surface area contributed by atoms with Gasteiger partial charge in [0.2, 0.25) is 10.0 Å². The zero-order valence-electron chi connectivity index (χ0n) is 15.3. The lowest BCUT2D eigenvalue weighted by atomic mass is 10.1. The Morgan fingerprint density at radius 3 is 2.28 bits per heavy atom. The van der Waals surface area contributed by atoms with Crippen LogP contribution in [0.25, 0.3) is 0 Å². The number of hydrogen-bond donors (Lipinski definition) is 0. The predicted molar refractivity (Wildman–Crippen MR) is 100 cm³/mol. The Bertz CT molecular complexity index is 1010. The minimum absolute atomic E-state index is 0.0475. The molecule has 0 N–H and O–H groups in total. The number of carbonyl (C=O) groups excluding carboxylic acids is 2. The molecule has 0 fully saturated rings. The predicted octanol–water partition coefficient (Wildman–Crippen LogP) is 3.23. The second-order valence-corrected chi connectivity index (χ2v) is 8.39. The highest BCUT2D eigenvalue weighted by Gasteiger charge is 2.22. The zero-order chi connectivity index (χ0) is 21.8. The van der Waals surface area contributed by atoms with Crippen molar-refractivity contribution in [3.05, 3.63) is 58.6 Å². The summed E-state index contributed by atoms with van der Waals surface area (Å²) in [4.78, 5) is 24.2. The van der Waals surface area contributed by atoms with E-state index in [0.717, 1.165) is 10.4 Å². The molecule has 7 nitrogen and oxygen atoms in total. The van der Waals surface area contributed by atoms with Gasteiger partial charge in [-0.2, -0.15) is 8.78 Å². The van der Waals surface area contributed by atoms with Crippen molar-refractivity contribution in [1.29, 1.82) is 0 Å². The molecule has 0 aromatic heterocycles. The van der Waals surface area contributed by atoms with Crippen molar-refractivity contribution in [2.24, 2.45) is 0 Å². The lowest BCUT2D eigenvalue weighted by Gasteiger charge is -2.13. The molecule has 11 heteroatoms. The fourth-order valence-corrected chi connectivity index (χ4v) is 3.27. The van der Waals surface area contributed by atoms with E-state index in [2.05, 4.69) is 4.74 Å². The number of benzene rings is 2. The van der Waals surface area contributed by atoms with Crippen LogP contribution in [0.4, 0.5) is 8.78 Å². The van der Waals surface area contributed by atoms with Crippen LogP contribution >= 0.6 is 11.6 Å². The summed E-state index contributed by atoms with van der Waals surface area (Å²) in [5, 5.41) is -0.0475. The van der Waals surface area contributed by atoms with Crippen molar-refractivity contribution in [2.75, 3.05) is 20.7 Å². The monoisotopic (exact) mass is 447 g/mol. The Morgan fingerprint density at radius 2 is 1.72 bits per heavy atom. The zero-order valence-corrected chi connectivity index (χ0v) is 16.8. The van der Waals surface area contributed by atoms with E-state index in [1.807, 2.05) is 0 Å². The highest BCUT2D eigenvalue weighted by molar-refractivity contribution is 7.89. The number of ether oxygens (including phenoxy) is 2. The van der Waals surface area contributed by atoms with Gasteiger partial charge in [-0.15, -0.1) is 0 Å². The van der Waals surface area contributed by atoms with Crippen LogP contribution < -0.4 is 4.74 Å². The molecule has 2 rings (SSSR count). The number of hydrogen-bond acceptors (Lipinski definition) is 6. The van der Waals surface area contributed by atoms with Crippen molar-refractivity contribution < 1.29 is 36.3 Å². The molecule has 0 spiro atoms. The molecule has 0 saturated carbocycles. The largest absolute Gasteiger partial charge is 0.454 e. The number of halogens is 3. The van der Waals surface area contributed by atoms with Gasteiger partial charge in [0.1, 0.15) is 5.75 Å². The van der Waals surface area contributed by atoms with Gasteiger partial charge in [-0.05, 0) is 42.5 Å². The molecule has 0 atom stereocenters. The van der Waals surface area contributed by atoms with E-state index in [1.165, 1.54) is 50.5 Å². The van der Waals surface area contributed by atoms with Gasteiger partial charge in [-0.25, -0.2) is 17.5 Å². The van der Waals surface area contributed by atoms with Crippen LogP contribution in [0.3, 0.4) is 0 Å². The molecular formula is C18H16ClF2NO6S. The number of sulfonamides is 1. The molecule has 0 radical (unpaired) electrons. The Hall–Kier alpha value is -2.56. The van der Waals surface area contributed by atoms with Crippen molar-refractivity contribution in [3.63, 3.8) is 0 Å². The molecule has 0 heterocycles. The third kappa shape index (κ3) is 5.72. The van der Waals surface area contributed by atoms with Gasteiger partial charge in [-0.3, -0.25) is 4.79 Å². The van der Waals surface area contributed by atoms with Crippen LogP contribution in [-0.2, 0) is 14.8 Å². The summed E-state index contributed by atoms with van der Waals surface area (Å²) < 4.78 is 58.7. The van der Waals surface area contributed by atoms with E-state index in [1.54, 1.807) is 0 Å². The van der Waals surface area contributed by atoms with Gasteiger partial charge in [-0.1, -0.05) is 11.6 Å². The lowest BCUT2D eigenvalue weighted by Crippen LogP contribution is -2.22. The first-order chi connectivity index (χ1) is 13.5. The summed E-state index contributed by atoms with van der Waals surface area (Å²) in [6.07, 6.45) is 0. The van der Waals surface area contributed by atoms with Gasteiger partial charge in [0.25, 0.3) is 0 Å². The summed E-state index contributed by atoms with van der Waals surface area (Å²) in [5.41, 5.74) is -0.113. The van der Waals surface area contributed by atoms with E-state index >= 15 is 0 Å². The third-order valence-corrected chi connectivity index (χ3v) is 5.81. The van der Waals surface area contributed by atoms with Crippen molar-refractivity contribution in [2.45, 2.75) is 11.5 Å². The number of alkyl halides is 2. The summed E-state index contributed by atoms with van der Waals surface area (Å²) >= 11 is 5.94. The molecule has 0 aliphatic heterocycles. The minimum atomic E-state index is -3.80. The summed E-state index contributed by atoms with van der Waals surface area (Å²) in [6, 6.07) is 8.36. The first kappa shape index (κ1) is 22.7. The van der Waals surface area contributed by atoms with E-state index < -0.39 is 35.0 Å². The summed E-state index contributed by atoms with van der Waals surface area (Å²) in [6.45, 7) is -3.65. The number of nitrogens with zero attached hydrogens (tertiary/aromatic N) is 1. The van der Waals surface area contributed by atoms with Gasteiger partial charge in [0, 0.05) is 19.7 Å². The van der Waals surface area contributed by atoms with E-state index in [0.29, 0.717) is 0 Å². The molecule has 156 valence electrons. The maximum atomic E-state index is 12.3. The Balaban J connectivity index is 2.10. The van der Waals surface area contributed by atoms with E-state index in [-0.39, 0.29) is 26.8 Å². The van der Waals surface area contributed by atoms with Crippen molar-refractivity contribution >= 4 is 33.4 Å². The first-order valence-electron chi connectivity index (χ1n) is 7.99. The number of esters is 1. The second-order valence-electron chi connectivity index (χ2n) is 5.83. The number of carbonyl (C=O) groups is 2. The van der Waals surface area contributed by atoms with E-state index in [4.69, 9.17) is 16.3 Å².